The summed E-state index contributed by atoms with van der Waals surface area (Å²) in [5.74, 6) is -0.163. The Morgan fingerprint density at radius 3 is 2.47 bits per heavy atom. The zero-order chi connectivity index (χ0) is 25.8. The standard InChI is InChI=1S/C25H17Cl3N2O6/c1-2-34-22-11-15(9-20(28)23(22)35-13-14-3-5-16(26)6-4-14)10-21-25(31)36-24(29-21)18-12-17(30(32)33)7-8-19(18)27/h3-12H,2,13H2,1H3/b21-10-. The van der Waals surface area contributed by atoms with Crippen LogP contribution in [0.25, 0.3) is 6.08 Å². The Morgan fingerprint density at radius 2 is 1.78 bits per heavy atom. The number of carbonyl (C=O) groups excluding carboxylic acids is 1. The number of halogens is 3. The van der Waals surface area contributed by atoms with Crippen molar-refractivity contribution in [2.24, 2.45) is 4.99 Å². The molecule has 1 aliphatic heterocycles. The normalized spacial score (nSPS) is 13.9. The van der Waals surface area contributed by atoms with Gasteiger partial charge in [0.25, 0.3) is 5.69 Å². The monoisotopic (exact) mass is 546 g/mol. The van der Waals surface area contributed by atoms with Crippen molar-refractivity contribution >= 4 is 58.4 Å². The van der Waals surface area contributed by atoms with Crippen molar-refractivity contribution in [3.63, 3.8) is 0 Å². The molecule has 1 aliphatic rings. The molecule has 0 aliphatic carbocycles. The highest BCUT2D eigenvalue weighted by molar-refractivity contribution is 6.34. The molecule has 0 fully saturated rings. The minimum absolute atomic E-state index is 0.0408. The second-order valence-electron chi connectivity index (χ2n) is 7.44. The van der Waals surface area contributed by atoms with Gasteiger partial charge in [-0.2, -0.15) is 0 Å². The van der Waals surface area contributed by atoms with Crippen LogP contribution in [0, 0.1) is 10.1 Å². The smallest absolute Gasteiger partial charge is 0.363 e. The lowest BCUT2D eigenvalue weighted by molar-refractivity contribution is -0.384. The molecular weight excluding hydrogens is 531 g/mol. The van der Waals surface area contributed by atoms with E-state index in [4.69, 9.17) is 49.0 Å². The van der Waals surface area contributed by atoms with Crippen LogP contribution >= 0.6 is 34.8 Å². The molecule has 1 heterocycles. The number of nitro groups is 1. The summed E-state index contributed by atoms with van der Waals surface area (Å²) >= 11 is 18.6. The summed E-state index contributed by atoms with van der Waals surface area (Å²) in [5.41, 5.74) is 1.26. The summed E-state index contributed by atoms with van der Waals surface area (Å²) in [6.45, 7) is 2.40. The van der Waals surface area contributed by atoms with Crippen molar-refractivity contribution < 1.29 is 23.9 Å². The maximum absolute atomic E-state index is 12.5. The number of carbonyl (C=O) groups is 1. The second kappa shape index (κ2) is 11.0. The van der Waals surface area contributed by atoms with E-state index in [0.717, 1.165) is 5.56 Å². The molecular formula is C25H17Cl3N2O6. The molecule has 184 valence electrons. The van der Waals surface area contributed by atoms with E-state index >= 15 is 0 Å². The molecule has 3 aromatic rings. The highest BCUT2D eigenvalue weighted by Gasteiger charge is 2.27. The third kappa shape index (κ3) is 5.79. The van der Waals surface area contributed by atoms with E-state index in [1.165, 1.54) is 24.3 Å². The second-order valence-corrected chi connectivity index (χ2v) is 8.69. The molecule has 0 atom stereocenters. The molecule has 0 amide bonds. The van der Waals surface area contributed by atoms with Crippen molar-refractivity contribution in [3.8, 4) is 11.5 Å². The van der Waals surface area contributed by atoms with E-state index in [0.29, 0.717) is 28.7 Å². The van der Waals surface area contributed by atoms with E-state index in [1.807, 2.05) is 19.1 Å². The van der Waals surface area contributed by atoms with Gasteiger partial charge in [0, 0.05) is 17.2 Å². The number of hydrogen-bond acceptors (Lipinski definition) is 7. The minimum Gasteiger partial charge on any atom is -0.490 e. The predicted molar refractivity (Wildman–Crippen MR) is 137 cm³/mol. The van der Waals surface area contributed by atoms with Crippen molar-refractivity contribution in [1.29, 1.82) is 0 Å². The number of nitro benzene ring substituents is 1. The molecule has 8 nitrogen and oxygen atoms in total. The molecule has 0 unspecified atom stereocenters. The molecule has 3 aromatic carbocycles. The Hall–Kier alpha value is -3.59. The van der Waals surface area contributed by atoms with Crippen LogP contribution in [0.1, 0.15) is 23.6 Å². The molecule has 0 N–H and O–H groups in total. The fourth-order valence-electron chi connectivity index (χ4n) is 3.28. The highest BCUT2D eigenvalue weighted by atomic mass is 35.5. The summed E-state index contributed by atoms with van der Waals surface area (Å²) in [7, 11) is 0. The summed E-state index contributed by atoms with van der Waals surface area (Å²) < 4.78 is 16.8. The first-order chi connectivity index (χ1) is 17.2. The molecule has 0 saturated heterocycles. The van der Waals surface area contributed by atoms with E-state index < -0.39 is 10.9 Å². The SMILES string of the molecule is CCOc1cc(/C=C2\N=C(c3cc([N+](=O)[O-])ccc3Cl)OC2=O)cc(Cl)c1OCc1ccc(Cl)cc1. The highest BCUT2D eigenvalue weighted by Crippen LogP contribution is 2.38. The Bertz CT molecular complexity index is 1400. The van der Waals surface area contributed by atoms with Gasteiger partial charge in [0.1, 0.15) is 6.61 Å². The van der Waals surface area contributed by atoms with Gasteiger partial charge in [0.2, 0.25) is 5.90 Å². The van der Waals surface area contributed by atoms with Crippen LogP contribution in [-0.4, -0.2) is 23.4 Å². The van der Waals surface area contributed by atoms with E-state index in [9.17, 15) is 14.9 Å². The van der Waals surface area contributed by atoms with Gasteiger partial charge in [0.05, 0.1) is 27.1 Å². The van der Waals surface area contributed by atoms with Crippen LogP contribution in [0.2, 0.25) is 15.1 Å². The first-order valence-corrected chi connectivity index (χ1v) is 11.7. The number of rotatable bonds is 8. The largest absolute Gasteiger partial charge is 0.490 e. The first-order valence-electron chi connectivity index (χ1n) is 10.6. The number of aliphatic imine (C=N–C) groups is 1. The third-order valence-electron chi connectivity index (χ3n) is 4.94. The third-order valence-corrected chi connectivity index (χ3v) is 5.81. The number of cyclic esters (lactones) is 1. The predicted octanol–water partition coefficient (Wildman–Crippen LogP) is 6.88. The average Bonchev–Trinajstić information content (AvgIpc) is 3.19. The van der Waals surface area contributed by atoms with Crippen molar-refractivity contribution in [2.45, 2.75) is 13.5 Å². The molecule has 11 heteroatoms. The Morgan fingerprint density at radius 1 is 1.03 bits per heavy atom. The molecule has 4 rings (SSSR count). The number of esters is 1. The first kappa shape index (κ1) is 25.5. The average molecular weight is 548 g/mol. The van der Waals surface area contributed by atoms with Gasteiger partial charge in [-0.05, 0) is 54.5 Å². The lowest BCUT2D eigenvalue weighted by Crippen LogP contribution is -2.06. The van der Waals surface area contributed by atoms with Gasteiger partial charge in [-0.3, -0.25) is 10.1 Å². The van der Waals surface area contributed by atoms with Gasteiger partial charge < -0.3 is 14.2 Å². The number of benzene rings is 3. The fourth-order valence-corrected chi connectivity index (χ4v) is 3.88. The quantitative estimate of drug-likeness (QED) is 0.132. The number of non-ortho nitro benzene ring substituents is 1. The summed E-state index contributed by atoms with van der Waals surface area (Å²) in [6, 6.07) is 14.2. The summed E-state index contributed by atoms with van der Waals surface area (Å²) in [4.78, 5) is 27.2. The minimum atomic E-state index is -0.746. The summed E-state index contributed by atoms with van der Waals surface area (Å²) in [6.07, 6.45) is 1.46. The Balaban J connectivity index is 1.63. The van der Waals surface area contributed by atoms with Crippen molar-refractivity contribution in [3.05, 3.63) is 102 Å². The number of hydrogen-bond donors (Lipinski definition) is 0. The molecule has 0 saturated carbocycles. The van der Waals surface area contributed by atoms with Gasteiger partial charge in [-0.15, -0.1) is 0 Å². The van der Waals surface area contributed by atoms with Gasteiger partial charge in [0.15, 0.2) is 17.2 Å². The molecule has 0 spiro atoms. The molecule has 0 aromatic heterocycles. The molecule has 36 heavy (non-hydrogen) atoms. The Kier molecular flexibility index (Phi) is 7.79. The zero-order valence-corrected chi connectivity index (χ0v) is 20.9. The van der Waals surface area contributed by atoms with Crippen LogP contribution in [0.3, 0.4) is 0 Å². The van der Waals surface area contributed by atoms with Crippen LogP contribution in [0.5, 0.6) is 11.5 Å². The van der Waals surface area contributed by atoms with Crippen LogP contribution in [0.4, 0.5) is 5.69 Å². The molecule has 0 radical (unpaired) electrons. The van der Waals surface area contributed by atoms with Crippen molar-refractivity contribution in [1.82, 2.24) is 0 Å². The van der Waals surface area contributed by atoms with Crippen LogP contribution in [-0.2, 0) is 16.1 Å². The van der Waals surface area contributed by atoms with Crippen molar-refractivity contribution in [2.75, 3.05) is 6.61 Å². The fraction of sp³-hybridized carbons (Fsp3) is 0.120. The topological polar surface area (TPSA) is 100 Å². The van der Waals surface area contributed by atoms with Gasteiger partial charge in [-0.25, -0.2) is 9.79 Å². The van der Waals surface area contributed by atoms with Crippen LogP contribution in [0.15, 0.2) is 65.3 Å². The number of nitrogens with zero attached hydrogens (tertiary/aromatic N) is 2. The maximum atomic E-state index is 12.5. The summed E-state index contributed by atoms with van der Waals surface area (Å²) in [5, 5.41) is 12.1. The lowest BCUT2D eigenvalue weighted by atomic mass is 10.1. The molecule has 0 bridgehead atoms. The van der Waals surface area contributed by atoms with Gasteiger partial charge >= 0.3 is 5.97 Å². The number of ether oxygens (including phenoxy) is 3. The Labute approximate surface area is 220 Å². The van der Waals surface area contributed by atoms with Crippen LogP contribution < -0.4 is 9.47 Å². The maximum Gasteiger partial charge on any atom is 0.363 e. The lowest BCUT2D eigenvalue weighted by Gasteiger charge is -2.14. The van der Waals surface area contributed by atoms with Gasteiger partial charge in [-0.1, -0.05) is 46.9 Å². The van der Waals surface area contributed by atoms with E-state index in [2.05, 4.69) is 4.99 Å². The van der Waals surface area contributed by atoms with E-state index in [-0.39, 0.29) is 39.5 Å². The zero-order valence-electron chi connectivity index (χ0n) is 18.7. The van der Waals surface area contributed by atoms with E-state index in [1.54, 1.807) is 24.3 Å².